The number of phenolic OH excluding ortho intramolecular Hbond substituents is 1. The van der Waals surface area contributed by atoms with Crippen LogP contribution in [0.2, 0.25) is 0 Å². The average Bonchev–Trinajstić information content (AvgIpc) is 2.32. The lowest BCUT2D eigenvalue weighted by Crippen LogP contribution is -1.88. The van der Waals surface area contributed by atoms with Gasteiger partial charge in [-0.1, -0.05) is 6.07 Å². The number of aliphatic hydroxyl groups excluding tert-OH is 1. The zero-order valence-corrected chi connectivity index (χ0v) is 6.12. The molecular formula is C9H10O2. The summed E-state index contributed by atoms with van der Waals surface area (Å²) in [4.78, 5) is 0. The van der Waals surface area contributed by atoms with Gasteiger partial charge in [-0.3, -0.25) is 0 Å². The van der Waals surface area contributed by atoms with Crippen molar-refractivity contribution in [1.82, 2.24) is 0 Å². The monoisotopic (exact) mass is 150 g/mol. The highest BCUT2D eigenvalue weighted by Crippen LogP contribution is 2.32. The van der Waals surface area contributed by atoms with E-state index in [2.05, 4.69) is 0 Å². The van der Waals surface area contributed by atoms with Gasteiger partial charge in [0, 0.05) is 0 Å². The second-order valence-corrected chi connectivity index (χ2v) is 2.94. The van der Waals surface area contributed by atoms with Crippen molar-refractivity contribution in [3.63, 3.8) is 0 Å². The number of aliphatic hydroxyl groups is 1. The van der Waals surface area contributed by atoms with Gasteiger partial charge in [0.2, 0.25) is 0 Å². The fraction of sp³-hybridized carbons (Fsp3) is 0.333. The fourth-order valence-electron chi connectivity index (χ4n) is 1.58. The first-order valence-electron chi connectivity index (χ1n) is 3.77. The van der Waals surface area contributed by atoms with Gasteiger partial charge in [-0.15, -0.1) is 0 Å². The summed E-state index contributed by atoms with van der Waals surface area (Å²) in [5.74, 6) is 0.290. The standard InChI is InChI=1S/C9H10O2/c10-7-2-3-8-6(5-7)1-4-9(8)11/h2-3,5,9-11H,1,4H2/t9-/m0/s1. The molecule has 0 amide bonds. The van der Waals surface area contributed by atoms with E-state index >= 15 is 0 Å². The molecule has 2 nitrogen and oxygen atoms in total. The van der Waals surface area contributed by atoms with Crippen LogP contribution >= 0.6 is 0 Å². The van der Waals surface area contributed by atoms with Crippen molar-refractivity contribution in [1.29, 1.82) is 0 Å². The lowest BCUT2D eigenvalue weighted by Gasteiger charge is -2.02. The highest BCUT2D eigenvalue weighted by molar-refractivity contribution is 5.39. The number of rotatable bonds is 0. The molecule has 0 spiro atoms. The van der Waals surface area contributed by atoms with Crippen LogP contribution in [-0.4, -0.2) is 10.2 Å². The van der Waals surface area contributed by atoms with Crippen LogP contribution in [0.3, 0.4) is 0 Å². The average molecular weight is 150 g/mol. The Kier molecular flexibility index (Phi) is 1.36. The van der Waals surface area contributed by atoms with Gasteiger partial charge in [0.05, 0.1) is 6.10 Å². The number of benzene rings is 1. The molecule has 1 aliphatic rings. The molecule has 0 unspecified atom stereocenters. The molecule has 0 radical (unpaired) electrons. The SMILES string of the molecule is Oc1ccc2c(c1)CC[C@@H]2O. The predicted molar refractivity (Wildman–Crippen MR) is 41.4 cm³/mol. The van der Waals surface area contributed by atoms with Crippen LogP contribution < -0.4 is 0 Å². The Morgan fingerprint density at radius 2 is 2.18 bits per heavy atom. The minimum atomic E-state index is -0.314. The van der Waals surface area contributed by atoms with Crippen LogP contribution in [0.25, 0.3) is 0 Å². The number of phenols is 1. The first kappa shape index (κ1) is 6.68. The first-order valence-corrected chi connectivity index (χ1v) is 3.77. The van der Waals surface area contributed by atoms with Crippen molar-refractivity contribution in [2.75, 3.05) is 0 Å². The van der Waals surface area contributed by atoms with Crippen LogP contribution in [0, 0.1) is 0 Å². The van der Waals surface area contributed by atoms with Crippen LogP contribution in [0.5, 0.6) is 5.75 Å². The van der Waals surface area contributed by atoms with Gasteiger partial charge in [-0.05, 0) is 36.1 Å². The predicted octanol–water partition coefficient (Wildman–Crippen LogP) is 1.37. The van der Waals surface area contributed by atoms with Gasteiger partial charge < -0.3 is 10.2 Å². The second-order valence-electron chi connectivity index (χ2n) is 2.94. The van der Waals surface area contributed by atoms with Gasteiger partial charge in [0.1, 0.15) is 5.75 Å². The molecule has 0 fully saturated rings. The van der Waals surface area contributed by atoms with Gasteiger partial charge in [0.25, 0.3) is 0 Å². The maximum Gasteiger partial charge on any atom is 0.115 e. The normalized spacial score (nSPS) is 21.7. The lowest BCUT2D eigenvalue weighted by molar-refractivity contribution is 0.180. The third-order valence-corrected chi connectivity index (χ3v) is 2.17. The fourth-order valence-corrected chi connectivity index (χ4v) is 1.58. The number of hydrogen-bond donors (Lipinski definition) is 2. The van der Waals surface area contributed by atoms with Crippen molar-refractivity contribution in [2.45, 2.75) is 18.9 Å². The molecule has 0 bridgehead atoms. The highest BCUT2D eigenvalue weighted by atomic mass is 16.3. The Morgan fingerprint density at radius 1 is 1.36 bits per heavy atom. The van der Waals surface area contributed by atoms with E-state index in [0.29, 0.717) is 0 Å². The van der Waals surface area contributed by atoms with E-state index in [4.69, 9.17) is 5.11 Å². The Morgan fingerprint density at radius 3 is 3.00 bits per heavy atom. The number of hydrogen-bond acceptors (Lipinski definition) is 2. The molecule has 1 aromatic rings. The van der Waals surface area contributed by atoms with Crippen molar-refractivity contribution in [3.8, 4) is 5.75 Å². The van der Waals surface area contributed by atoms with E-state index in [1.807, 2.05) is 0 Å². The van der Waals surface area contributed by atoms with Gasteiger partial charge in [-0.2, -0.15) is 0 Å². The largest absolute Gasteiger partial charge is 0.508 e. The molecule has 0 heterocycles. The molecule has 2 N–H and O–H groups in total. The molecule has 0 aromatic heterocycles. The number of aromatic hydroxyl groups is 1. The Hall–Kier alpha value is -1.02. The van der Waals surface area contributed by atoms with Crippen molar-refractivity contribution in [3.05, 3.63) is 29.3 Å². The van der Waals surface area contributed by atoms with Crippen molar-refractivity contribution < 1.29 is 10.2 Å². The van der Waals surface area contributed by atoms with Gasteiger partial charge in [0.15, 0.2) is 0 Å². The minimum absolute atomic E-state index is 0.290. The van der Waals surface area contributed by atoms with Crippen LogP contribution in [0.1, 0.15) is 23.7 Å². The lowest BCUT2D eigenvalue weighted by atomic mass is 10.1. The minimum Gasteiger partial charge on any atom is -0.508 e. The number of aryl methyl sites for hydroxylation is 1. The second kappa shape index (κ2) is 2.24. The molecule has 1 aromatic carbocycles. The Bertz CT molecular complexity index is 281. The molecule has 1 atom stereocenters. The van der Waals surface area contributed by atoms with Crippen molar-refractivity contribution in [2.24, 2.45) is 0 Å². The highest BCUT2D eigenvalue weighted by Gasteiger charge is 2.19. The molecule has 0 aliphatic heterocycles. The summed E-state index contributed by atoms with van der Waals surface area (Å²) in [5, 5.41) is 18.5. The van der Waals surface area contributed by atoms with E-state index in [-0.39, 0.29) is 11.9 Å². The summed E-state index contributed by atoms with van der Waals surface area (Å²) in [6.07, 6.45) is 1.36. The van der Waals surface area contributed by atoms with Crippen LogP contribution in [-0.2, 0) is 6.42 Å². The summed E-state index contributed by atoms with van der Waals surface area (Å²) in [5.41, 5.74) is 2.06. The van der Waals surface area contributed by atoms with Crippen LogP contribution in [0.15, 0.2) is 18.2 Å². The third kappa shape index (κ3) is 0.994. The molecule has 0 saturated carbocycles. The zero-order valence-electron chi connectivity index (χ0n) is 6.12. The smallest absolute Gasteiger partial charge is 0.115 e. The quantitative estimate of drug-likeness (QED) is 0.586. The van der Waals surface area contributed by atoms with E-state index in [0.717, 1.165) is 24.0 Å². The van der Waals surface area contributed by atoms with E-state index in [1.165, 1.54) is 0 Å². The summed E-state index contributed by atoms with van der Waals surface area (Å²) in [7, 11) is 0. The van der Waals surface area contributed by atoms with E-state index < -0.39 is 0 Å². The van der Waals surface area contributed by atoms with E-state index in [9.17, 15) is 5.11 Å². The molecule has 58 valence electrons. The molecule has 0 saturated heterocycles. The molecule has 1 aliphatic carbocycles. The Balaban J connectivity index is 2.50. The summed E-state index contributed by atoms with van der Waals surface area (Å²) in [6.45, 7) is 0. The Labute approximate surface area is 65.1 Å². The zero-order chi connectivity index (χ0) is 7.84. The molecular weight excluding hydrogens is 140 g/mol. The summed E-state index contributed by atoms with van der Waals surface area (Å²) >= 11 is 0. The number of fused-ring (bicyclic) bond motifs is 1. The van der Waals surface area contributed by atoms with Gasteiger partial charge >= 0.3 is 0 Å². The summed E-state index contributed by atoms with van der Waals surface area (Å²) < 4.78 is 0. The molecule has 11 heavy (non-hydrogen) atoms. The molecule has 2 rings (SSSR count). The first-order chi connectivity index (χ1) is 5.27. The summed E-state index contributed by atoms with van der Waals surface area (Å²) in [6, 6.07) is 5.14. The third-order valence-electron chi connectivity index (χ3n) is 2.17. The van der Waals surface area contributed by atoms with Gasteiger partial charge in [-0.25, -0.2) is 0 Å². The van der Waals surface area contributed by atoms with Crippen molar-refractivity contribution >= 4 is 0 Å². The van der Waals surface area contributed by atoms with Crippen LogP contribution in [0.4, 0.5) is 0 Å². The maximum atomic E-state index is 9.39. The molecule has 2 heteroatoms. The van der Waals surface area contributed by atoms with E-state index in [1.54, 1.807) is 18.2 Å². The maximum absolute atomic E-state index is 9.39. The topological polar surface area (TPSA) is 40.5 Å².